The summed E-state index contributed by atoms with van der Waals surface area (Å²) in [6.45, 7) is 2.15. The molecular formula is C24H21Cl3HfSi-2. The molecule has 0 aliphatic heterocycles. The standard InChI is InChI=1S/C13H9.C9H7.C2H5ClSi.2ClH.Hf/c1-3-7-12-10(5-1)9-11-6-2-4-8-13(11)12;1-2-5-9-7-3-6-8(9)4-1;1-2-4-3;;;/h1-9H;1-7H;2H2,1H3;2*1H;/q2*-1;;;;+2/p-2. The van der Waals surface area contributed by atoms with E-state index in [-0.39, 0.29) is 29.6 Å². The third-order valence-corrected chi connectivity index (χ3v) is 9.61. The smallest absolute Gasteiger partial charge is 0.0771 e. The number of hydrogen-bond donors (Lipinski definition) is 0. The molecule has 5 aromatic carbocycles. The van der Waals surface area contributed by atoms with Gasteiger partial charge in [-0.05, 0) is 0 Å². The second-order valence-electron chi connectivity index (χ2n) is 6.23. The van der Waals surface area contributed by atoms with Gasteiger partial charge in [-0.2, -0.15) is 17.5 Å². The summed E-state index contributed by atoms with van der Waals surface area (Å²) in [5, 5.41) is 8.05. The van der Waals surface area contributed by atoms with E-state index in [0.717, 1.165) is 0 Å². The predicted octanol–water partition coefficient (Wildman–Crippen LogP) is 1.56. The van der Waals surface area contributed by atoms with E-state index >= 15 is 0 Å². The Morgan fingerprint density at radius 3 is 1.69 bits per heavy atom. The molecule has 5 heteroatoms. The number of benzene rings is 3. The third kappa shape index (κ3) is 7.38. The van der Waals surface area contributed by atoms with Crippen molar-refractivity contribution in [1.82, 2.24) is 0 Å². The quantitative estimate of drug-likeness (QED) is 0.151. The van der Waals surface area contributed by atoms with E-state index in [2.05, 4.69) is 104 Å². The van der Waals surface area contributed by atoms with Crippen LogP contribution < -0.4 is 24.8 Å². The van der Waals surface area contributed by atoms with E-state index in [1.54, 1.807) is 0 Å². The van der Waals surface area contributed by atoms with Gasteiger partial charge in [-0.1, -0.05) is 42.5 Å². The Balaban J connectivity index is 0.000000233. The van der Waals surface area contributed by atoms with Crippen LogP contribution in [-0.4, -0.2) is 4.80 Å². The van der Waals surface area contributed by atoms with Gasteiger partial charge in [-0.15, -0.1) is 69.4 Å². The summed E-state index contributed by atoms with van der Waals surface area (Å²) in [6, 6.07) is 35.2. The molecule has 0 heterocycles. The number of hydrogen-bond acceptors (Lipinski definition) is 0. The van der Waals surface area contributed by atoms with Crippen molar-refractivity contribution in [1.29, 1.82) is 0 Å². The molecule has 148 valence electrons. The molecule has 0 N–H and O–H groups in total. The third-order valence-electron chi connectivity index (χ3n) is 4.38. The fourth-order valence-corrected chi connectivity index (χ4v) is 2.97. The molecule has 0 aromatic heterocycles. The first-order valence-electron chi connectivity index (χ1n) is 9.05. The fraction of sp³-hybridized carbons (Fsp3) is 0.0833. The van der Waals surface area contributed by atoms with Crippen molar-refractivity contribution in [3.8, 4) is 0 Å². The van der Waals surface area contributed by atoms with Crippen molar-refractivity contribution >= 4 is 48.2 Å². The Hall–Kier alpha value is -0.903. The summed E-state index contributed by atoms with van der Waals surface area (Å²) in [5.74, 6) is 0. The van der Waals surface area contributed by atoms with Gasteiger partial charge in [0.05, 0.1) is 0 Å². The molecule has 0 unspecified atom stereocenters. The second-order valence-corrected chi connectivity index (χ2v) is 19.0. The molecule has 5 aromatic rings. The number of rotatable bonds is 1. The first-order chi connectivity index (χ1) is 13.2. The minimum atomic E-state index is -0.263. The van der Waals surface area contributed by atoms with Gasteiger partial charge >= 0.3 is 51.9 Å². The maximum absolute atomic E-state index is 5.63. The Morgan fingerprint density at radius 1 is 0.759 bits per heavy atom. The first-order valence-corrected chi connectivity index (χ1v) is 17.2. The maximum atomic E-state index is 5.63. The molecule has 0 fully saturated rings. The fourth-order valence-electron chi connectivity index (χ4n) is 2.97. The van der Waals surface area contributed by atoms with Crippen molar-refractivity contribution < 1.29 is 47.8 Å². The second kappa shape index (κ2) is 13.4. The van der Waals surface area contributed by atoms with Crippen molar-refractivity contribution in [2.24, 2.45) is 0 Å². The molecule has 0 amide bonds. The van der Waals surface area contributed by atoms with Crippen molar-refractivity contribution in [2.75, 3.05) is 0 Å². The molecule has 29 heavy (non-hydrogen) atoms. The average Bonchev–Trinajstić information content (AvgIpc) is 3.33. The van der Waals surface area contributed by atoms with Gasteiger partial charge in [-0.25, -0.2) is 0 Å². The van der Waals surface area contributed by atoms with Gasteiger partial charge in [0.2, 0.25) is 0 Å². The van der Waals surface area contributed by atoms with Crippen LogP contribution in [0.15, 0.2) is 97.1 Å². The molecule has 0 spiro atoms. The zero-order valence-electron chi connectivity index (χ0n) is 16.1. The van der Waals surface area contributed by atoms with Crippen LogP contribution in [0.2, 0.25) is 6.04 Å². The monoisotopic (exact) mass is 622 g/mol. The Kier molecular flexibility index (Phi) is 12.1. The molecule has 5 rings (SSSR count). The molecule has 0 saturated carbocycles. The van der Waals surface area contributed by atoms with Crippen LogP contribution >= 0.6 is 11.1 Å². The average molecular weight is 622 g/mol. The molecular weight excluding hydrogens is 601 g/mol. The SMILES string of the molecule is CC[Si](Cl)=[Hf+2].[Cl-].[Cl-].c1ccc2[cH-]ccc2c1.c1ccc2c(c1)[cH-]c1ccccc12. The van der Waals surface area contributed by atoms with Crippen LogP contribution in [0.1, 0.15) is 6.92 Å². The summed E-state index contributed by atoms with van der Waals surface area (Å²) in [4.78, 5) is -0.263. The van der Waals surface area contributed by atoms with Crippen LogP contribution in [0, 0.1) is 0 Å². The van der Waals surface area contributed by atoms with E-state index in [1.807, 2.05) is 0 Å². The van der Waals surface area contributed by atoms with E-state index < -0.39 is 0 Å². The topological polar surface area (TPSA) is 0 Å². The molecule has 0 atom stereocenters. The van der Waals surface area contributed by atoms with E-state index in [4.69, 9.17) is 11.1 Å². The summed E-state index contributed by atoms with van der Waals surface area (Å²) >= 11 is 6.86. The molecule has 0 saturated heterocycles. The van der Waals surface area contributed by atoms with Crippen molar-refractivity contribution in [3.63, 3.8) is 0 Å². The minimum Gasteiger partial charge on any atom is -1.00 e. The van der Waals surface area contributed by atoms with E-state index in [9.17, 15) is 0 Å². The van der Waals surface area contributed by atoms with Crippen LogP contribution in [0.25, 0.3) is 32.3 Å². The Bertz CT molecular complexity index is 1080. The first kappa shape index (κ1) is 26.1. The summed E-state index contributed by atoms with van der Waals surface area (Å²) < 4.78 is 0. The van der Waals surface area contributed by atoms with Crippen LogP contribution in [0.4, 0.5) is 0 Å². The van der Waals surface area contributed by atoms with E-state index in [1.165, 1.54) is 61.4 Å². The largest absolute Gasteiger partial charge is 1.00 e. The van der Waals surface area contributed by atoms with Crippen LogP contribution in [-0.2, 0) is 23.0 Å². The molecule has 0 bridgehead atoms. The predicted molar refractivity (Wildman–Crippen MR) is 119 cm³/mol. The van der Waals surface area contributed by atoms with Gasteiger partial charge in [0.15, 0.2) is 0 Å². The van der Waals surface area contributed by atoms with Gasteiger partial charge in [0, 0.05) is 0 Å². The Labute approximate surface area is 204 Å². The van der Waals surface area contributed by atoms with Gasteiger partial charge in [0.25, 0.3) is 0 Å². The summed E-state index contributed by atoms with van der Waals surface area (Å²) in [5.41, 5.74) is 0. The van der Waals surface area contributed by atoms with Gasteiger partial charge < -0.3 is 24.8 Å². The van der Waals surface area contributed by atoms with Crippen molar-refractivity contribution in [3.05, 3.63) is 97.1 Å². The zero-order valence-corrected chi connectivity index (χ0v) is 22.9. The van der Waals surface area contributed by atoms with Crippen LogP contribution in [0.5, 0.6) is 0 Å². The number of fused-ring (bicyclic) bond motifs is 4. The molecule has 0 radical (unpaired) electrons. The van der Waals surface area contributed by atoms with Crippen LogP contribution in [0.3, 0.4) is 0 Å². The molecule has 0 nitrogen and oxygen atoms in total. The zero-order chi connectivity index (χ0) is 19.1. The molecule has 0 aliphatic rings. The van der Waals surface area contributed by atoms with Gasteiger partial charge in [-0.3, -0.25) is 0 Å². The normalized spacial score (nSPS) is 9.52. The van der Waals surface area contributed by atoms with E-state index in [0.29, 0.717) is 0 Å². The minimum absolute atomic E-state index is 0. The molecule has 0 aliphatic carbocycles. The van der Waals surface area contributed by atoms with Crippen molar-refractivity contribution in [2.45, 2.75) is 13.0 Å². The summed E-state index contributed by atoms with van der Waals surface area (Å²) in [6.07, 6.45) is 0. The number of halogens is 3. The van der Waals surface area contributed by atoms with Gasteiger partial charge in [0.1, 0.15) is 0 Å². The Morgan fingerprint density at radius 2 is 1.21 bits per heavy atom. The summed E-state index contributed by atoms with van der Waals surface area (Å²) in [7, 11) is 0. The maximum Gasteiger partial charge on any atom is -0.0771 e.